The average molecular weight is 603 g/mol. The zero-order chi connectivity index (χ0) is 30.5. The number of ether oxygens (including phenoxy) is 3. The van der Waals surface area contributed by atoms with Crippen molar-refractivity contribution in [1.29, 1.82) is 0 Å². The van der Waals surface area contributed by atoms with Crippen LogP contribution in [-0.4, -0.2) is 105 Å². The van der Waals surface area contributed by atoms with Crippen LogP contribution in [-0.2, 0) is 14.3 Å². The molecule has 5 heterocycles. The Bertz CT molecular complexity index is 1670. The van der Waals surface area contributed by atoms with E-state index in [2.05, 4.69) is 44.1 Å². The lowest BCUT2D eigenvalue weighted by Crippen LogP contribution is -2.50. The summed E-state index contributed by atoms with van der Waals surface area (Å²) in [6, 6.07) is 11.3. The Morgan fingerprint density at radius 3 is 2.55 bits per heavy atom. The van der Waals surface area contributed by atoms with Crippen LogP contribution in [0.4, 0.5) is 11.6 Å². The number of piperazine rings is 1. The van der Waals surface area contributed by atoms with Crippen molar-refractivity contribution in [2.24, 2.45) is 0 Å². The molecule has 1 aliphatic heterocycles. The average Bonchev–Trinajstić information content (AvgIpc) is 3.82. The van der Waals surface area contributed by atoms with Gasteiger partial charge in [-0.25, -0.2) is 9.67 Å². The van der Waals surface area contributed by atoms with Crippen molar-refractivity contribution >= 4 is 34.2 Å². The van der Waals surface area contributed by atoms with E-state index in [0.29, 0.717) is 68.4 Å². The summed E-state index contributed by atoms with van der Waals surface area (Å²) in [5.74, 6) is 1.52. The molecular formula is C30H38N10O4. The number of hydrogen-bond donors (Lipinski definition) is 2. The molecular weight excluding hydrogens is 564 g/mol. The van der Waals surface area contributed by atoms with Gasteiger partial charge >= 0.3 is 0 Å². The summed E-state index contributed by atoms with van der Waals surface area (Å²) in [5.41, 5.74) is 9.26. The standard InChI is InChI=1S/C30H38N10O4/c1-3-5-25(39-28-23(20-33-39)27-34-26(24-6-4-11-32-24)36-40(27)30(31)35-28)29(41)38-14-12-37(13-15-38)21-7-9-22(10-8-21)44-19-18-43-17-16-42-2/h4,6-11,20,25,32H,3,5,12-19H2,1-2H3,(H2,31,35)/t25-/m0/s1. The third-order valence-electron chi connectivity index (χ3n) is 7.76. The summed E-state index contributed by atoms with van der Waals surface area (Å²) >= 11 is 0. The lowest BCUT2D eigenvalue weighted by molar-refractivity contribution is -0.135. The molecule has 1 atom stereocenters. The van der Waals surface area contributed by atoms with Crippen molar-refractivity contribution in [2.45, 2.75) is 25.8 Å². The van der Waals surface area contributed by atoms with Gasteiger partial charge in [-0.3, -0.25) is 4.79 Å². The van der Waals surface area contributed by atoms with Crippen molar-refractivity contribution in [2.75, 3.05) is 70.3 Å². The monoisotopic (exact) mass is 602 g/mol. The molecule has 4 aromatic heterocycles. The van der Waals surface area contributed by atoms with E-state index < -0.39 is 6.04 Å². The number of hydrogen-bond acceptors (Lipinski definition) is 10. The number of benzene rings is 1. The van der Waals surface area contributed by atoms with E-state index in [-0.39, 0.29) is 11.9 Å². The maximum Gasteiger partial charge on any atom is 0.247 e. The Morgan fingerprint density at radius 2 is 1.82 bits per heavy atom. The van der Waals surface area contributed by atoms with Crippen LogP contribution in [0, 0.1) is 0 Å². The molecule has 5 aromatic rings. The number of nitrogens with two attached hydrogens (primary N) is 1. The molecule has 1 fully saturated rings. The van der Waals surface area contributed by atoms with E-state index in [0.717, 1.165) is 36.6 Å². The van der Waals surface area contributed by atoms with Crippen LogP contribution in [0.25, 0.3) is 28.2 Å². The zero-order valence-electron chi connectivity index (χ0n) is 25.1. The molecule has 0 radical (unpaired) electrons. The van der Waals surface area contributed by atoms with E-state index >= 15 is 0 Å². The second kappa shape index (κ2) is 13.3. The van der Waals surface area contributed by atoms with Crippen LogP contribution in [0.15, 0.2) is 48.8 Å². The van der Waals surface area contributed by atoms with E-state index in [4.69, 9.17) is 24.9 Å². The molecule has 44 heavy (non-hydrogen) atoms. The van der Waals surface area contributed by atoms with Gasteiger partial charge in [0.05, 0.1) is 37.1 Å². The molecule has 1 aliphatic rings. The lowest BCUT2D eigenvalue weighted by Gasteiger charge is -2.37. The van der Waals surface area contributed by atoms with Gasteiger partial charge in [0.15, 0.2) is 17.1 Å². The summed E-state index contributed by atoms with van der Waals surface area (Å²) in [4.78, 5) is 30.6. The molecule has 0 unspecified atom stereocenters. The molecule has 3 N–H and O–H groups in total. The minimum atomic E-state index is -0.501. The number of amides is 1. The van der Waals surface area contributed by atoms with E-state index in [1.54, 1.807) is 18.0 Å². The molecule has 1 amide bonds. The predicted octanol–water partition coefficient (Wildman–Crippen LogP) is 2.78. The summed E-state index contributed by atoms with van der Waals surface area (Å²) < 4.78 is 19.4. The number of nitrogens with one attached hydrogen (secondary N) is 1. The number of nitrogens with zero attached hydrogens (tertiary/aromatic N) is 8. The lowest BCUT2D eigenvalue weighted by atomic mass is 10.1. The minimum absolute atomic E-state index is 0.0294. The number of aromatic nitrogens is 7. The van der Waals surface area contributed by atoms with Gasteiger partial charge in [0.25, 0.3) is 0 Å². The molecule has 0 spiro atoms. The second-order valence-electron chi connectivity index (χ2n) is 10.6. The summed E-state index contributed by atoms with van der Waals surface area (Å²) in [5, 5.41) is 9.84. The summed E-state index contributed by atoms with van der Waals surface area (Å²) in [6.07, 6.45) is 4.94. The quantitative estimate of drug-likeness (QED) is 0.192. The highest BCUT2D eigenvalue weighted by molar-refractivity contribution is 5.92. The number of anilines is 2. The Hall–Kier alpha value is -4.69. The molecule has 1 saturated heterocycles. The molecule has 232 valence electrons. The first kappa shape index (κ1) is 29.4. The first-order chi connectivity index (χ1) is 21.6. The third-order valence-corrected chi connectivity index (χ3v) is 7.76. The van der Waals surface area contributed by atoms with Crippen LogP contribution in [0.2, 0.25) is 0 Å². The van der Waals surface area contributed by atoms with Crippen LogP contribution >= 0.6 is 0 Å². The Kier molecular flexibility index (Phi) is 8.89. The highest BCUT2D eigenvalue weighted by atomic mass is 16.5. The van der Waals surface area contributed by atoms with Gasteiger partial charge in [-0.05, 0) is 42.8 Å². The maximum absolute atomic E-state index is 13.9. The van der Waals surface area contributed by atoms with E-state index in [9.17, 15) is 4.79 Å². The van der Waals surface area contributed by atoms with Gasteiger partial charge in [0.1, 0.15) is 18.4 Å². The van der Waals surface area contributed by atoms with Gasteiger partial charge in [-0.1, -0.05) is 13.3 Å². The van der Waals surface area contributed by atoms with Crippen molar-refractivity contribution < 1.29 is 19.0 Å². The number of methoxy groups -OCH3 is 1. The molecule has 6 rings (SSSR count). The van der Waals surface area contributed by atoms with Crippen LogP contribution < -0.4 is 15.4 Å². The Morgan fingerprint density at radius 1 is 1.02 bits per heavy atom. The van der Waals surface area contributed by atoms with Crippen molar-refractivity contribution in [1.82, 2.24) is 39.2 Å². The SMILES string of the molecule is CCC[C@@H](C(=O)N1CCN(c2ccc(OCCOCCOC)cc2)CC1)n1ncc2c1nc(N)n1nc(-c3ccc[nH]3)nc21. The van der Waals surface area contributed by atoms with Crippen molar-refractivity contribution in [3.63, 3.8) is 0 Å². The topological polar surface area (TPSA) is 154 Å². The fourth-order valence-corrected chi connectivity index (χ4v) is 5.47. The first-order valence-electron chi connectivity index (χ1n) is 14.9. The number of fused-ring (bicyclic) bond motifs is 3. The number of carbonyl (C=O) groups excluding carboxylic acids is 1. The molecule has 0 bridgehead atoms. The number of aromatic amines is 1. The van der Waals surface area contributed by atoms with E-state index in [1.807, 2.05) is 35.4 Å². The summed E-state index contributed by atoms with van der Waals surface area (Å²) in [7, 11) is 1.65. The van der Waals surface area contributed by atoms with Gasteiger partial charge in [0.2, 0.25) is 11.9 Å². The fourth-order valence-electron chi connectivity index (χ4n) is 5.47. The first-order valence-corrected chi connectivity index (χ1v) is 14.9. The van der Waals surface area contributed by atoms with Crippen LogP contribution in [0.5, 0.6) is 5.75 Å². The predicted molar refractivity (Wildman–Crippen MR) is 166 cm³/mol. The van der Waals surface area contributed by atoms with Crippen LogP contribution in [0.3, 0.4) is 0 Å². The third kappa shape index (κ3) is 6.03. The fraction of sp³-hybridized carbons (Fsp3) is 0.433. The molecule has 14 heteroatoms. The van der Waals surface area contributed by atoms with Gasteiger partial charge in [-0.2, -0.15) is 14.6 Å². The highest BCUT2D eigenvalue weighted by Gasteiger charge is 2.31. The molecule has 1 aromatic carbocycles. The Labute approximate surface area is 254 Å². The summed E-state index contributed by atoms with van der Waals surface area (Å²) in [6.45, 7) is 6.86. The number of H-pyrrole nitrogens is 1. The molecule has 0 saturated carbocycles. The second-order valence-corrected chi connectivity index (χ2v) is 10.6. The van der Waals surface area contributed by atoms with Gasteiger partial charge < -0.3 is 34.7 Å². The largest absolute Gasteiger partial charge is 0.491 e. The van der Waals surface area contributed by atoms with Gasteiger partial charge in [0, 0.05) is 45.2 Å². The zero-order valence-corrected chi connectivity index (χ0v) is 25.1. The minimum Gasteiger partial charge on any atom is -0.491 e. The molecule has 0 aliphatic carbocycles. The normalized spacial score (nSPS) is 14.5. The number of carbonyl (C=O) groups is 1. The van der Waals surface area contributed by atoms with Crippen LogP contribution in [0.1, 0.15) is 25.8 Å². The maximum atomic E-state index is 13.9. The Balaban J connectivity index is 1.12. The number of rotatable bonds is 13. The van der Waals surface area contributed by atoms with Crippen molar-refractivity contribution in [3.8, 4) is 17.3 Å². The smallest absolute Gasteiger partial charge is 0.247 e. The van der Waals surface area contributed by atoms with E-state index in [1.165, 1.54) is 4.52 Å². The molecule has 14 nitrogen and oxygen atoms in total. The highest BCUT2D eigenvalue weighted by Crippen LogP contribution is 2.28. The number of nitrogen functional groups attached to an aromatic ring is 1. The van der Waals surface area contributed by atoms with Gasteiger partial charge in [-0.15, -0.1) is 5.10 Å². The van der Waals surface area contributed by atoms with Crippen molar-refractivity contribution in [3.05, 3.63) is 48.8 Å².